The number of halogens is 1. The minimum absolute atomic E-state index is 0.0319. The van der Waals surface area contributed by atoms with Gasteiger partial charge in [0.1, 0.15) is 6.04 Å². The summed E-state index contributed by atoms with van der Waals surface area (Å²) in [6, 6.07) is 3.25. The molecule has 7 nitrogen and oxygen atoms in total. The zero-order chi connectivity index (χ0) is 15.8. The van der Waals surface area contributed by atoms with Gasteiger partial charge in [0, 0.05) is 23.6 Å². The molecule has 1 fully saturated rings. The molecule has 0 bridgehead atoms. The van der Waals surface area contributed by atoms with Crippen molar-refractivity contribution in [3.8, 4) is 0 Å². The number of benzene rings is 1. The first kappa shape index (κ1) is 15.9. The molecule has 21 heavy (non-hydrogen) atoms. The minimum atomic E-state index is -3.88. The molecule has 1 aromatic rings. The third-order valence-electron chi connectivity index (χ3n) is 3.22. The summed E-state index contributed by atoms with van der Waals surface area (Å²) in [4.78, 5) is 24.2. The molecule has 0 aliphatic carbocycles. The van der Waals surface area contributed by atoms with E-state index in [0.29, 0.717) is 4.47 Å². The average molecular weight is 376 g/mol. The SMILES string of the molecule is CN1C(=O)CCC(NS(=O)(=O)c2ccc(Br)c(N)c2)C1=O. The van der Waals surface area contributed by atoms with E-state index < -0.39 is 22.0 Å². The lowest BCUT2D eigenvalue weighted by molar-refractivity contribution is -0.147. The predicted molar refractivity (Wildman–Crippen MR) is 79.7 cm³/mol. The molecule has 1 aliphatic heterocycles. The number of hydrogen-bond acceptors (Lipinski definition) is 5. The number of sulfonamides is 1. The number of likely N-dealkylation sites (tertiary alicyclic amines) is 1. The Bertz CT molecular complexity index is 704. The van der Waals surface area contributed by atoms with Crippen LogP contribution < -0.4 is 10.5 Å². The first-order valence-electron chi connectivity index (χ1n) is 6.10. The Labute approximate surface area is 130 Å². The molecular formula is C12H14BrN3O4S. The van der Waals surface area contributed by atoms with Crippen LogP contribution in [0.4, 0.5) is 5.69 Å². The van der Waals surface area contributed by atoms with E-state index in [9.17, 15) is 18.0 Å². The maximum Gasteiger partial charge on any atom is 0.247 e. The van der Waals surface area contributed by atoms with Crippen LogP contribution in [0.1, 0.15) is 12.8 Å². The largest absolute Gasteiger partial charge is 0.398 e. The number of carbonyl (C=O) groups excluding carboxylic acids is 2. The van der Waals surface area contributed by atoms with Crippen LogP contribution in [0.25, 0.3) is 0 Å². The van der Waals surface area contributed by atoms with Crippen LogP contribution in [0.3, 0.4) is 0 Å². The van der Waals surface area contributed by atoms with Crippen LogP contribution >= 0.6 is 15.9 Å². The molecule has 1 saturated heterocycles. The third kappa shape index (κ3) is 3.25. The molecule has 1 aliphatic rings. The molecule has 2 amide bonds. The van der Waals surface area contributed by atoms with Crippen LogP contribution in [-0.4, -0.2) is 38.2 Å². The van der Waals surface area contributed by atoms with Crippen molar-refractivity contribution < 1.29 is 18.0 Å². The molecule has 0 spiro atoms. The Hall–Kier alpha value is -1.45. The highest BCUT2D eigenvalue weighted by atomic mass is 79.9. The normalized spacial score (nSPS) is 19.9. The summed E-state index contributed by atoms with van der Waals surface area (Å²) in [6.45, 7) is 0. The van der Waals surface area contributed by atoms with E-state index in [-0.39, 0.29) is 29.3 Å². The Morgan fingerprint density at radius 3 is 2.67 bits per heavy atom. The van der Waals surface area contributed by atoms with E-state index in [2.05, 4.69) is 20.7 Å². The summed E-state index contributed by atoms with van der Waals surface area (Å²) in [6.07, 6.45) is 0.269. The number of hydrogen-bond donors (Lipinski definition) is 2. The summed E-state index contributed by atoms with van der Waals surface area (Å²) in [5.74, 6) is -0.872. The number of carbonyl (C=O) groups is 2. The molecule has 0 saturated carbocycles. The van der Waals surface area contributed by atoms with Crippen molar-refractivity contribution in [2.24, 2.45) is 0 Å². The van der Waals surface area contributed by atoms with E-state index in [1.165, 1.54) is 25.2 Å². The zero-order valence-electron chi connectivity index (χ0n) is 11.2. The van der Waals surface area contributed by atoms with Crippen LogP contribution in [-0.2, 0) is 19.6 Å². The van der Waals surface area contributed by atoms with Crippen molar-refractivity contribution in [3.63, 3.8) is 0 Å². The summed E-state index contributed by atoms with van der Waals surface area (Å²) >= 11 is 3.18. The Kier molecular flexibility index (Phi) is 4.35. The van der Waals surface area contributed by atoms with Gasteiger partial charge in [0.2, 0.25) is 21.8 Å². The van der Waals surface area contributed by atoms with Gasteiger partial charge in [-0.15, -0.1) is 0 Å². The summed E-state index contributed by atoms with van der Waals surface area (Å²) in [7, 11) is -2.55. The van der Waals surface area contributed by atoms with Gasteiger partial charge in [-0.05, 0) is 40.5 Å². The zero-order valence-corrected chi connectivity index (χ0v) is 13.6. The smallest absolute Gasteiger partial charge is 0.247 e. The first-order chi connectivity index (χ1) is 9.72. The Morgan fingerprint density at radius 1 is 1.38 bits per heavy atom. The molecule has 1 atom stereocenters. The standard InChI is InChI=1S/C12H14BrN3O4S/c1-16-11(17)5-4-10(12(16)18)15-21(19,20)7-2-3-8(13)9(14)6-7/h2-3,6,10,15H,4-5,14H2,1H3. The monoisotopic (exact) mass is 375 g/mol. The van der Waals surface area contributed by atoms with E-state index >= 15 is 0 Å². The average Bonchev–Trinajstić information content (AvgIpc) is 2.42. The Balaban J connectivity index is 2.23. The van der Waals surface area contributed by atoms with Crippen LogP contribution in [0.15, 0.2) is 27.6 Å². The number of nitrogen functional groups attached to an aromatic ring is 1. The number of imide groups is 1. The quantitative estimate of drug-likeness (QED) is 0.588. The van der Waals surface area contributed by atoms with E-state index in [1.807, 2.05) is 0 Å². The lowest BCUT2D eigenvalue weighted by Gasteiger charge is -2.28. The highest BCUT2D eigenvalue weighted by Gasteiger charge is 2.34. The van der Waals surface area contributed by atoms with Crippen molar-refractivity contribution in [1.82, 2.24) is 9.62 Å². The second kappa shape index (κ2) is 5.74. The van der Waals surface area contributed by atoms with Gasteiger partial charge < -0.3 is 5.73 Å². The fraction of sp³-hybridized carbons (Fsp3) is 0.333. The lowest BCUT2D eigenvalue weighted by atomic mass is 10.1. The lowest BCUT2D eigenvalue weighted by Crippen LogP contribution is -2.52. The van der Waals surface area contributed by atoms with Crippen molar-refractivity contribution in [3.05, 3.63) is 22.7 Å². The molecule has 0 radical (unpaired) electrons. The van der Waals surface area contributed by atoms with Gasteiger partial charge in [-0.3, -0.25) is 14.5 Å². The fourth-order valence-electron chi connectivity index (χ4n) is 1.97. The topological polar surface area (TPSA) is 110 Å². The maximum atomic E-state index is 12.3. The molecule has 1 heterocycles. The summed E-state index contributed by atoms with van der Waals surface area (Å²) in [5.41, 5.74) is 5.94. The second-order valence-electron chi connectivity index (χ2n) is 4.69. The highest BCUT2D eigenvalue weighted by Crippen LogP contribution is 2.23. The molecule has 114 valence electrons. The maximum absolute atomic E-state index is 12.3. The van der Waals surface area contributed by atoms with Crippen LogP contribution in [0.2, 0.25) is 0 Å². The Morgan fingerprint density at radius 2 is 2.05 bits per heavy atom. The van der Waals surface area contributed by atoms with Crippen LogP contribution in [0.5, 0.6) is 0 Å². The van der Waals surface area contributed by atoms with Crippen molar-refractivity contribution in [2.75, 3.05) is 12.8 Å². The minimum Gasteiger partial charge on any atom is -0.398 e. The van der Waals surface area contributed by atoms with Crippen molar-refractivity contribution >= 4 is 43.5 Å². The van der Waals surface area contributed by atoms with Gasteiger partial charge in [0.15, 0.2) is 0 Å². The summed E-state index contributed by atoms with van der Waals surface area (Å²) < 4.78 is 27.4. The second-order valence-corrected chi connectivity index (χ2v) is 7.26. The molecular weight excluding hydrogens is 362 g/mol. The number of likely N-dealkylation sites (N-methyl/N-ethyl adjacent to an activating group) is 1. The number of nitrogens with one attached hydrogen (secondary N) is 1. The number of anilines is 1. The first-order valence-corrected chi connectivity index (χ1v) is 8.38. The highest BCUT2D eigenvalue weighted by molar-refractivity contribution is 9.10. The van der Waals surface area contributed by atoms with Crippen molar-refractivity contribution in [2.45, 2.75) is 23.8 Å². The molecule has 0 aromatic heterocycles. The van der Waals surface area contributed by atoms with E-state index in [1.54, 1.807) is 0 Å². The fourth-order valence-corrected chi connectivity index (χ4v) is 3.47. The van der Waals surface area contributed by atoms with Crippen LogP contribution in [0, 0.1) is 0 Å². The van der Waals surface area contributed by atoms with Gasteiger partial charge in [0.25, 0.3) is 0 Å². The van der Waals surface area contributed by atoms with Gasteiger partial charge in [0.05, 0.1) is 4.90 Å². The van der Waals surface area contributed by atoms with Crippen molar-refractivity contribution in [1.29, 1.82) is 0 Å². The number of nitrogens with two attached hydrogens (primary N) is 1. The van der Waals surface area contributed by atoms with Gasteiger partial charge in [-0.2, -0.15) is 4.72 Å². The number of piperidine rings is 1. The third-order valence-corrected chi connectivity index (χ3v) is 5.42. The number of nitrogens with zero attached hydrogens (tertiary/aromatic N) is 1. The van der Waals surface area contributed by atoms with Gasteiger partial charge in [-0.1, -0.05) is 0 Å². The number of rotatable bonds is 3. The molecule has 1 unspecified atom stereocenters. The van der Waals surface area contributed by atoms with E-state index in [0.717, 1.165) is 4.90 Å². The number of amides is 2. The summed E-state index contributed by atoms with van der Waals surface area (Å²) in [5, 5.41) is 0. The van der Waals surface area contributed by atoms with Gasteiger partial charge in [-0.25, -0.2) is 8.42 Å². The molecule has 3 N–H and O–H groups in total. The molecule has 9 heteroatoms. The molecule has 1 aromatic carbocycles. The van der Waals surface area contributed by atoms with Gasteiger partial charge >= 0.3 is 0 Å². The predicted octanol–water partition coefficient (Wildman–Crippen LogP) is 0.457. The van der Waals surface area contributed by atoms with E-state index in [4.69, 9.17) is 5.73 Å². The molecule has 2 rings (SSSR count).